The Balaban J connectivity index is 1.81. The number of likely N-dealkylation sites (tertiary alicyclic amines) is 1. The first-order chi connectivity index (χ1) is 12.6. The van der Waals surface area contributed by atoms with Crippen molar-refractivity contribution in [2.75, 3.05) is 65.6 Å². The maximum absolute atomic E-state index is 5.51. The molecule has 0 bridgehead atoms. The average molecular weight is 368 g/mol. The molecule has 2 rings (SSSR count). The van der Waals surface area contributed by atoms with Crippen LogP contribution in [0.25, 0.3) is 0 Å². The minimum absolute atomic E-state index is 0.484. The summed E-state index contributed by atoms with van der Waals surface area (Å²) in [7, 11) is 0. The number of hydrogen-bond donors (Lipinski definition) is 2. The van der Waals surface area contributed by atoms with Crippen molar-refractivity contribution in [2.45, 2.75) is 46.6 Å². The number of ether oxygens (including phenoxy) is 1. The monoisotopic (exact) mass is 367 g/mol. The van der Waals surface area contributed by atoms with E-state index in [9.17, 15) is 0 Å². The Kier molecular flexibility index (Phi) is 9.72. The van der Waals surface area contributed by atoms with Gasteiger partial charge in [-0.3, -0.25) is 9.89 Å². The van der Waals surface area contributed by atoms with Crippen LogP contribution in [0.5, 0.6) is 0 Å². The number of aliphatic imine (C=N–C) groups is 1. The van der Waals surface area contributed by atoms with Gasteiger partial charge in [0, 0.05) is 45.3 Å². The molecule has 0 spiro atoms. The normalized spacial score (nSPS) is 24.7. The molecule has 152 valence electrons. The van der Waals surface area contributed by atoms with Gasteiger partial charge in [-0.2, -0.15) is 0 Å². The van der Waals surface area contributed by atoms with E-state index in [1.807, 2.05) is 0 Å². The second kappa shape index (κ2) is 11.8. The van der Waals surface area contributed by atoms with Gasteiger partial charge >= 0.3 is 0 Å². The molecule has 0 aromatic rings. The van der Waals surface area contributed by atoms with Gasteiger partial charge < -0.3 is 20.3 Å². The predicted octanol–water partition coefficient (Wildman–Crippen LogP) is 1.63. The third-order valence-corrected chi connectivity index (χ3v) is 5.53. The molecule has 0 aromatic heterocycles. The number of nitrogens with one attached hydrogen (secondary N) is 2. The topological polar surface area (TPSA) is 52.1 Å². The number of guanidine groups is 1. The van der Waals surface area contributed by atoms with Crippen molar-refractivity contribution < 1.29 is 4.74 Å². The van der Waals surface area contributed by atoms with Crippen molar-refractivity contribution in [3.8, 4) is 0 Å². The van der Waals surface area contributed by atoms with Crippen LogP contribution in [-0.2, 0) is 4.74 Å². The molecule has 2 aliphatic heterocycles. The molecular weight excluding hydrogens is 326 g/mol. The minimum atomic E-state index is 0.484. The van der Waals surface area contributed by atoms with E-state index >= 15 is 0 Å². The van der Waals surface area contributed by atoms with Crippen LogP contribution in [0, 0.1) is 11.8 Å². The molecule has 0 saturated carbocycles. The van der Waals surface area contributed by atoms with Crippen molar-refractivity contribution in [3.05, 3.63) is 0 Å². The zero-order valence-corrected chi connectivity index (χ0v) is 17.5. The summed E-state index contributed by atoms with van der Waals surface area (Å²) in [5.41, 5.74) is 0. The molecule has 2 unspecified atom stereocenters. The van der Waals surface area contributed by atoms with Crippen LogP contribution in [0.15, 0.2) is 4.99 Å². The third kappa shape index (κ3) is 7.41. The van der Waals surface area contributed by atoms with E-state index < -0.39 is 0 Å². The summed E-state index contributed by atoms with van der Waals surface area (Å²) in [6, 6.07) is 0.484. The molecule has 0 aromatic carbocycles. The Morgan fingerprint density at radius 2 is 1.96 bits per heavy atom. The van der Waals surface area contributed by atoms with E-state index in [2.05, 4.69) is 48.1 Å². The molecular formula is C20H41N5O. The summed E-state index contributed by atoms with van der Waals surface area (Å²) in [6.45, 7) is 19.1. The number of rotatable bonds is 8. The van der Waals surface area contributed by atoms with E-state index in [-0.39, 0.29) is 0 Å². The highest BCUT2D eigenvalue weighted by molar-refractivity contribution is 5.79. The van der Waals surface area contributed by atoms with Crippen LogP contribution in [0.1, 0.15) is 40.5 Å². The highest BCUT2D eigenvalue weighted by Crippen LogP contribution is 2.15. The van der Waals surface area contributed by atoms with Crippen molar-refractivity contribution in [1.82, 2.24) is 20.4 Å². The van der Waals surface area contributed by atoms with Crippen LogP contribution in [-0.4, -0.2) is 87.4 Å². The second-order valence-electron chi connectivity index (χ2n) is 8.15. The standard InChI is InChI=1S/C20H41N5O/c1-5-21-20(22-8-10-24-9-6-7-18(4)16-24)23-15-19(17(2)3)25-11-13-26-14-12-25/h17-19H,5-16H2,1-4H3,(H2,21,22,23). The van der Waals surface area contributed by atoms with Crippen molar-refractivity contribution in [1.29, 1.82) is 0 Å². The molecule has 2 heterocycles. The fraction of sp³-hybridized carbons (Fsp3) is 0.950. The maximum Gasteiger partial charge on any atom is 0.191 e. The number of hydrogen-bond acceptors (Lipinski definition) is 4. The Labute approximate surface area is 160 Å². The first-order valence-corrected chi connectivity index (χ1v) is 10.7. The van der Waals surface area contributed by atoms with Gasteiger partial charge in [0.15, 0.2) is 5.96 Å². The van der Waals surface area contributed by atoms with Gasteiger partial charge in [0.25, 0.3) is 0 Å². The zero-order chi connectivity index (χ0) is 18.8. The lowest BCUT2D eigenvalue weighted by Crippen LogP contribution is -2.48. The minimum Gasteiger partial charge on any atom is -0.379 e. The molecule has 0 amide bonds. The highest BCUT2D eigenvalue weighted by atomic mass is 16.5. The van der Waals surface area contributed by atoms with Crippen LogP contribution < -0.4 is 10.6 Å². The first kappa shape index (κ1) is 21.5. The molecule has 6 nitrogen and oxygen atoms in total. The van der Waals surface area contributed by atoms with E-state index in [1.165, 1.54) is 25.9 Å². The number of nitrogens with zero attached hydrogens (tertiary/aromatic N) is 3. The molecule has 2 atom stereocenters. The van der Waals surface area contributed by atoms with Gasteiger partial charge in [0.2, 0.25) is 0 Å². The molecule has 0 radical (unpaired) electrons. The molecule has 2 fully saturated rings. The summed E-state index contributed by atoms with van der Waals surface area (Å²) in [6.07, 6.45) is 2.72. The first-order valence-electron chi connectivity index (χ1n) is 10.7. The second-order valence-corrected chi connectivity index (χ2v) is 8.15. The fourth-order valence-electron chi connectivity index (χ4n) is 4.01. The van der Waals surface area contributed by atoms with Gasteiger partial charge in [0.1, 0.15) is 0 Å². The summed E-state index contributed by atoms with van der Waals surface area (Å²) < 4.78 is 5.51. The molecule has 26 heavy (non-hydrogen) atoms. The quantitative estimate of drug-likeness (QED) is 0.504. The Bertz CT molecular complexity index is 409. The number of piperidine rings is 1. The Morgan fingerprint density at radius 3 is 2.62 bits per heavy atom. The van der Waals surface area contributed by atoms with E-state index in [0.29, 0.717) is 12.0 Å². The van der Waals surface area contributed by atoms with Crippen LogP contribution in [0.4, 0.5) is 0 Å². The van der Waals surface area contributed by atoms with Gasteiger partial charge in [-0.1, -0.05) is 20.8 Å². The lowest BCUT2D eigenvalue weighted by Gasteiger charge is -2.36. The maximum atomic E-state index is 5.51. The molecule has 2 aliphatic rings. The predicted molar refractivity (Wildman–Crippen MR) is 110 cm³/mol. The summed E-state index contributed by atoms with van der Waals surface area (Å²) in [5.74, 6) is 2.39. The van der Waals surface area contributed by atoms with E-state index in [1.54, 1.807) is 0 Å². The van der Waals surface area contributed by atoms with Gasteiger partial charge in [-0.15, -0.1) is 0 Å². The molecule has 0 aliphatic carbocycles. The molecule has 6 heteroatoms. The lowest BCUT2D eigenvalue weighted by molar-refractivity contribution is 0.00867. The highest BCUT2D eigenvalue weighted by Gasteiger charge is 2.23. The van der Waals surface area contributed by atoms with Gasteiger partial charge in [-0.05, 0) is 38.1 Å². The number of morpholine rings is 1. The SMILES string of the molecule is CCNC(=NCC(C(C)C)N1CCOCC1)NCCN1CCCC(C)C1. The zero-order valence-electron chi connectivity index (χ0n) is 17.5. The molecule has 2 N–H and O–H groups in total. The van der Waals surface area contributed by atoms with Crippen LogP contribution >= 0.6 is 0 Å². The third-order valence-electron chi connectivity index (χ3n) is 5.53. The summed E-state index contributed by atoms with van der Waals surface area (Å²) in [4.78, 5) is 10.0. The summed E-state index contributed by atoms with van der Waals surface area (Å²) >= 11 is 0. The smallest absolute Gasteiger partial charge is 0.191 e. The van der Waals surface area contributed by atoms with Crippen molar-refractivity contribution >= 4 is 5.96 Å². The van der Waals surface area contributed by atoms with Crippen LogP contribution in [0.3, 0.4) is 0 Å². The van der Waals surface area contributed by atoms with Gasteiger partial charge in [-0.25, -0.2) is 0 Å². The Hall–Kier alpha value is -0.850. The average Bonchev–Trinajstić information content (AvgIpc) is 2.62. The van der Waals surface area contributed by atoms with E-state index in [0.717, 1.165) is 64.4 Å². The van der Waals surface area contributed by atoms with Crippen molar-refractivity contribution in [3.63, 3.8) is 0 Å². The van der Waals surface area contributed by atoms with Gasteiger partial charge in [0.05, 0.1) is 19.8 Å². The lowest BCUT2D eigenvalue weighted by atomic mass is 10.0. The largest absolute Gasteiger partial charge is 0.379 e. The molecule has 2 saturated heterocycles. The summed E-state index contributed by atoms with van der Waals surface area (Å²) in [5, 5.41) is 6.94. The van der Waals surface area contributed by atoms with Crippen molar-refractivity contribution in [2.24, 2.45) is 16.8 Å². The fourth-order valence-corrected chi connectivity index (χ4v) is 4.01. The van der Waals surface area contributed by atoms with Crippen LogP contribution in [0.2, 0.25) is 0 Å². The Morgan fingerprint density at radius 1 is 1.19 bits per heavy atom. The van der Waals surface area contributed by atoms with E-state index in [4.69, 9.17) is 9.73 Å².